The van der Waals surface area contributed by atoms with Crippen LogP contribution < -0.4 is 5.11 Å². The van der Waals surface area contributed by atoms with Gasteiger partial charge in [-0.25, -0.2) is 0 Å². The second-order valence-electron chi connectivity index (χ2n) is 28.3. The van der Waals surface area contributed by atoms with Crippen molar-refractivity contribution < 1.29 is 42.9 Å². The first-order valence-electron chi connectivity index (χ1n) is 40.4. The van der Waals surface area contributed by atoms with Crippen LogP contribution in [0.15, 0.2) is 97.2 Å². The van der Waals surface area contributed by atoms with Crippen molar-refractivity contribution in [2.45, 2.75) is 386 Å². The van der Waals surface area contributed by atoms with Gasteiger partial charge >= 0.3 is 11.9 Å². The predicted molar refractivity (Wildman–Crippen MR) is 407 cm³/mol. The highest BCUT2D eigenvalue weighted by Gasteiger charge is 2.22. The number of allylic oxidation sites excluding steroid dienone is 16. The molecule has 0 aromatic heterocycles. The molecule has 0 saturated carbocycles. The minimum absolute atomic E-state index is 0.148. The van der Waals surface area contributed by atoms with Crippen molar-refractivity contribution in [2.24, 2.45) is 0 Å². The van der Waals surface area contributed by atoms with Gasteiger partial charge in [0.05, 0.1) is 40.3 Å². The fourth-order valence-electron chi connectivity index (χ4n) is 11.7. The molecule has 0 radical (unpaired) electrons. The first-order chi connectivity index (χ1) is 46.6. The molecular formula is C86H153NO8. The number of likely N-dealkylation sites (N-methyl/N-ethyl adjacent to an activating group) is 1. The van der Waals surface area contributed by atoms with Crippen LogP contribution >= 0.6 is 0 Å². The maximum absolute atomic E-state index is 13.0. The van der Waals surface area contributed by atoms with Crippen LogP contribution in [-0.2, 0) is 33.3 Å². The molecule has 550 valence electrons. The molecule has 2 unspecified atom stereocenters. The summed E-state index contributed by atoms with van der Waals surface area (Å²) in [4.78, 5) is 37.6. The van der Waals surface area contributed by atoms with Crippen molar-refractivity contribution >= 4 is 17.9 Å². The van der Waals surface area contributed by atoms with E-state index in [-0.39, 0.29) is 32.2 Å². The lowest BCUT2D eigenvalue weighted by Crippen LogP contribution is -2.44. The Bertz CT molecular complexity index is 1890. The second-order valence-corrected chi connectivity index (χ2v) is 28.3. The van der Waals surface area contributed by atoms with E-state index in [1.54, 1.807) is 0 Å². The summed E-state index contributed by atoms with van der Waals surface area (Å²) in [5.41, 5.74) is 0. The molecule has 2 atom stereocenters. The largest absolute Gasteiger partial charge is 0.545 e. The van der Waals surface area contributed by atoms with Crippen LogP contribution in [0.5, 0.6) is 0 Å². The number of carboxylic acids is 1. The van der Waals surface area contributed by atoms with Crippen LogP contribution in [-0.4, -0.2) is 82.3 Å². The molecule has 0 aliphatic rings. The molecule has 9 nitrogen and oxygen atoms in total. The molecule has 0 amide bonds. The highest BCUT2D eigenvalue weighted by atomic mass is 16.7. The average molecular weight is 1330 g/mol. The Kier molecular flexibility index (Phi) is 72.9. The standard InChI is InChI=1S/C86H153NO8/c1-6-8-10-12-14-16-18-20-22-24-26-28-30-32-34-36-38-39-40-41-42-43-44-45-47-49-51-53-55-57-59-61-63-65-67-69-71-73-75-77-84(89)95-82(81-94-86(85(90)91)92-79-78-87(3,4)5)80-93-83(88)76-74-72-70-68-66-64-62-60-58-56-54-52-50-48-46-37-35-33-31-29-27-25-23-21-19-17-15-13-11-9-7-2/h8,10,14,16,19-22,25-28,31-34,82,86H,6-7,9,11-13,15,17-18,23-24,29-30,35-81H2,1-5H3/b10-8-,16-14-,21-19-,22-20-,27-25-,28-26-,33-31-,34-32-. The molecule has 0 rings (SSSR count). The Morgan fingerprint density at radius 2 is 0.600 bits per heavy atom. The van der Waals surface area contributed by atoms with Gasteiger partial charge in [0.1, 0.15) is 13.2 Å². The third kappa shape index (κ3) is 77.4. The van der Waals surface area contributed by atoms with Crippen molar-refractivity contribution in [1.29, 1.82) is 0 Å². The zero-order valence-corrected chi connectivity index (χ0v) is 63.0. The molecule has 0 aliphatic heterocycles. The van der Waals surface area contributed by atoms with Gasteiger partial charge in [0.25, 0.3) is 0 Å². The Morgan fingerprint density at radius 1 is 0.326 bits per heavy atom. The average Bonchev–Trinajstić information content (AvgIpc) is 2.92. The first-order valence-corrected chi connectivity index (χ1v) is 40.4. The van der Waals surface area contributed by atoms with Gasteiger partial charge in [0.15, 0.2) is 12.4 Å². The summed E-state index contributed by atoms with van der Waals surface area (Å²) in [6.07, 6.45) is 102. The van der Waals surface area contributed by atoms with Crippen molar-refractivity contribution in [1.82, 2.24) is 0 Å². The number of carbonyl (C=O) groups is 3. The number of ether oxygens (including phenoxy) is 4. The lowest BCUT2D eigenvalue weighted by molar-refractivity contribution is -0.870. The minimum Gasteiger partial charge on any atom is -0.545 e. The molecule has 0 fully saturated rings. The molecule has 95 heavy (non-hydrogen) atoms. The van der Waals surface area contributed by atoms with Gasteiger partial charge in [-0.1, -0.05) is 361 Å². The number of aliphatic carboxylic acids is 1. The number of hydrogen-bond donors (Lipinski definition) is 0. The molecule has 0 aliphatic carbocycles. The Morgan fingerprint density at radius 3 is 0.895 bits per heavy atom. The molecule has 0 saturated heterocycles. The van der Waals surface area contributed by atoms with Gasteiger partial charge in [0, 0.05) is 12.8 Å². The summed E-state index contributed by atoms with van der Waals surface area (Å²) in [5.74, 6) is -2.26. The summed E-state index contributed by atoms with van der Waals surface area (Å²) < 4.78 is 22.9. The molecule has 0 aromatic carbocycles. The number of quaternary nitrogens is 1. The highest BCUT2D eigenvalue weighted by molar-refractivity contribution is 5.70. The number of carboxylic acid groups (broad SMARTS) is 1. The zero-order valence-electron chi connectivity index (χ0n) is 63.0. The Hall–Kier alpha value is -3.79. The third-order valence-corrected chi connectivity index (χ3v) is 17.8. The van der Waals surface area contributed by atoms with Gasteiger partial charge in [-0.2, -0.15) is 0 Å². The third-order valence-electron chi connectivity index (χ3n) is 17.8. The van der Waals surface area contributed by atoms with Crippen LogP contribution in [0.3, 0.4) is 0 Å². The van der Waals surface area contributed by atoms with Crippen molar-refractivity contribution in [3.8, 4) is 0 Å². The van der Waals surface area contributed by atoms with Crippen LogP contribution in [0.25, 0.3) is 0 Å². The van der Waals surface area contributed by atoms with Gasteiger partial charge < -0.3 is 33.3 Å². The van der Waals surface area contributed by atoms with E-state index in [1.807, 2.05) is 21.1 Å². The number of rotatable bonds is 75. The SMILES string of the molecule is CC/C=C\C/C=C\C/C=C\C/C=C\C/C=C\CCCCCCCCCCCCCCCCCCCCCCCCCC(=O)OC(COC(=O)CCCCCCCCCCCCCCCCCC/C=C\C/C=C\C/C=C\CCCCCCC)COC(OCC[N+](C)(C)C)C(=O)[O-]. The number of unbranched alkanes of at least 4 members (excludes halogenated alkanes) is 44. The Labute approximate surface area is 588 Å². The number of hydrogen-bond acceptors (Lipinski definition) is 8. The summed E-state index contributed by atoms with van der Waals surface area (Å²) >= 11 is 0. The van der Waals surface area contributed by atoms with Gasteiger partial charge in [-0.3, -0.25) is 9.59 Å². The molecule has 0 N–H and O–H groups in total. The number of esters is 2. The van der Waals surface area contributed by atoms with Crippen LogP contribution in [0, 0.1) is 0 Å². The summed E-state index contributed by atoms with van der Waals surface area (Å²) in [5, 5.41) is 11.9. The zero-order chi connectivity index (χ0) is 69.0. The maximum atomic E-state index is 13.0. The quantitative estimate of drug-likeness (QED) is 0.0195. The smallest absolute Gasteiger partial charge is 0.306 e. The van der Waals surface area contributed by atoms with Crippen molar-refractivity contribution in [3.05, 3.63) is 97.2 Å². The summed E-state index contributed by atoms with van der Waals surface area (Å²) in [6.45, 7) is 4.67. The topological polar surface area (TPSA) is 111 Å². The van der Waals surface area contributed by atoms with E-state index in [1.165, 1.54) is 263 Å². The number of nitrogens with zero attached hydrogens (tertiary/aromatic N) is 1. The fraction of sp³-hybridized carbons (Fsp3) is 0.779. The van der Waals surface area contributed by atoms with E-state index in [0.717, 1.165) is 77.0 Å². The van der Waals surface area contributed by atoms with Gasteiger partial charge in [0.2, 0.25) is 0 Å². The van der Waals surface area contributed by atoms with Crippen molar-refractivity contribution in [3.63, 3.8) is 0 Å². The summed E-state index contributed by atoms with van der Waals surface area (Å²) in [7, 11) is 5.95. The van der Waals surface area contributed by atoms with E-state index in [2.05, 4.69) is 111 Å². The normalized spacial score (nSPS) is 13.1. The Balaban J connectivity index is 3.99. The monoisotopic (exact) mass is 1330 g/mol. The lowest BCUT2D eigenvalue weighted by atomic mass is 10.0. The fourth-order valence-corrected chi connectivity index (χ4v) is 11.7. The minimum atomic E-state index is -1.62. The van der Waals surface area contributed by atoms with Crippen LogP contribution in [0.1, 0.15) is 373 Å². The molecule has 0 heterocycles. The maximum Gasteiger partial charge on any atom is 0.306 e. The van der Waals surface area contributed by atoms with E-state index >= 15 is 0 Å². The van der Waals surface area contributed by atoms with Gasteiger partial charge in [-0.05, 0) is 96.3 Å². The van der Waals surface area contributed by atoms with Gasteiger partial charge in [-0.15, -0.1) is 0 Å². The van der Waals surface area contributed by atoms with E-state index in [0.29, 0.717) is 23.9 Å². The molecular weight excluding hydrogens is 1170 g/mol. The van der Waals surface area contributed by atoms with Crippen LogP contribution in [0.4, 0.5) is 0 Å². The lowest BCUT2D eigenvalue weighted by Gasteiger charge is -2.26. The summed E-state index contributed by atoms with van der Waals surface area (Å²) in [6, 6.07) is 0. The number of carbonyl (C=O) groups excluding carboxylic acids is 3. The first kappa shape index (κ1) is 91.2. The molecule has 0 aromatic rings. The predicted octanol–water partition coefficient (Wildman–Crippen LogP) is 24.6. The highest BCUT2D eigenvalue weighted by Crippen LogP contribution is 2.19. The van der Waals surface area contributed by atoms with Crippen LogP contribution in [0.2, 0.25) is 0 Å². The van der Waals surface area contributed by atoms with E-state index in [9.17, 15) is 19.5 Å². The van der Waals surface area contributed by atoms with E-state index in [4.69, 9.17) is 18.9 Å². The molecule has 0 bridgehead atoms. The molecule has 0 spiro atoms. The molecule has 9 heteroatoms. The van der Waals surface area contributed by atoms with Crippen molar-refractivity contribution in [2.75, 3.05) is 47.5 Å². The van der Waals surface area contributed by atoms with E-state index < -0.39 is 24.3 Å². The second kappa shape index (κ2) is 76.0.